The lowest BCUT2D eigenvalue weighted by atomic mass is 9.81. The summed E-state index contributed by atoms with van der Waals surface area (Å²) in [5, 5.41) is 2.79. The van der Waals surface area contributed by atoms with Crippen molar-refractivity contribution in [1.82, 2.24) is 0 Å². The molecule has 0 saturated carbocycles. The number of methoxy groups -OCH3 is 2. The predicted octanol–water partition coefficient (Wildman–Crippen LogP) is 1.97. The number of hydrogen-bond donors (Lipinski definition) is 2. The molecule has 1 amide bonds. The largest absolute Gasteiger partial charge is 0.497 e. The van der Waals surface area contributed by atoms with E-state index in [9.17, 15) is 4.79 Å². The summed E-state index contributed by atoms with van der Waals surface area (Å²) in [4.78, 5) is 16.5. The number of nitrogens with one attached hydrogen (secondary N) is 1. The van der Waals surface area contributed by atoms with Crippen molar-refractivity contribution in [2.75, 3.05) is 32.8 Å². The molecule has 2 aliphatic rings. The molecule has 0 aliphatic carbocycles. The maximum absolute atomic E-state index is 11.9. The minimum absolute atomic E-state index is 0.0348. The van der Waals surface area contributed by atoms with Crippen molar-refractivity contribution in [2.45, 2.75) is 5.54 Å². The number of rotatable bonds is 4. The van der Waals surface area contributed by atoms with Crippen LogP contribution in [0.4, 0.5) is 5.69 Å². The second-order valence-corrected chi connectivity index (χ2v) is 6.26. The van der Waals surface area contributed by atoms with E-state index in [1.54, 1.807) is 19.2 Å². The lowest BCUT2D eigenvalue weighted by Crippen LogP contribution is -2.31. The lowest BCUT2D eigenvalue weighted by molar-refractivity contribution is -0.119. The molecule has 1 spiro atoms. The number of fused-ring (bicyclic) bond motifs is 4. The zero-order valence-electron chi connectivity index (χ0n) is 14.9. The van der Waals surface area contributed by atoms with Crippen molar-refractivity contribution < 1.29 is 23.7 Å². The van der Waals surface area contributed by atoms with Crippen LogP contribution in [-0.4, -0.2) is 39.4 Å². The van der Waals surface area contributed by atoms with Crippen molar-refractivity contribution in [3.05, 3.63) is 47.5 Å². The van der Waals surface area contributed by atoms with E-state index in [1.807, 2.05) is 24.3 Å². The van der Waals surface area contributed by atoms with E-state index in [-0.39, 0.29) is 25.1 Å². The van der Waals surface area contributed by atoms with Gasteiger partial charge >= 0.3 is 0 Å². The first-order chi connectivity index (χ1) is 13.1. The minimum atomic E-state index is -0.871. The molecule has 1 atom stereocenters. The lowest BCUT2D eigenvalue weighted by Gasteiger charge is -2.33. The van der Waals surface area contributed by atoms with Crippen molar-refractivity contribution in [1.29, 1.82) is 0 Å². The van der Waals surface area contributed by atoms with Gasteiger partial charge < -0.3 is 30.0 Å². The summed E-state index contributed by atoms with van der Waals surface area (Å²) in [7, 11) is 3.06. The molecule has 8 nitrogen and oxygen atoms in total. The highest BCUT2D eigenvalue weighted by Gasteiger charge is 2.47. The van der Waals surface area contributed by atoms with Crippen LogP contribution in [0.1, 0.15) is 11.1 Å². The molecule has 2 aromatic rings. The number of nitrogens with zero attached hydrogens (tertiary/aromatic N) is 1. The number of carbonyl (C=O) groups excluding carboxylic acids is 1. The standard InChI is InChI=1S/C19H19N3O5/c1-24-9-17(23)21-11-3-5-15-13(7-11)19(10-26-18(20)22-19)14-8-12(25-2)4-6-16(14)27-15/h3-8H,9-10H2,1-2H3,(H2,20,22)(H,21,23)/t19-/m0/s1. The molecule has 3 N–H and O–H groups in total. The molecule has 0 aromatic heterocycles. The van der Waals surface area contributed by atoms with Gasteiger partial charge in [0.25, 0.3) is 6.02 Å². The molecule has 8 heteroatoms. The topological polar surface area (TPSA) is 104 Å². The quantitative estimate of drug-likeness (QED) is 0.854. The number of carbonyl (C=O) groups is 1. The number of anilines is 1. The second-order valence-electron chi connectivity index (χ2n) is 6.26. The number of amides is 1. The summed E-state index contributed by atoms with van der Waals surface area (Å²) in [5.41, 5.74) is 7.12. The number of aliphatic imine (C=N–C) groups is 1. The number of nitrogens with two attached hydrogens (primary N) is 1. The molecule has 0 bridgehead atoms. The monoisotopic (exact) mass is 369 g/mol. The number of amidine groups is 1. The van der Waals surface area contributed by atoms with Gasteiger partial charge in [0.1, 0.15) is 30.5 Å². The van der Waals surface area contributed by atoms with E-state index in [0.717, 1.165) is 11.1 Å². The third-order valence-corrected chi connectivity index (χ3v) is 4.57. The molecule has 27 heavy (non-hydrogen) atoms. The van der Waals surface area contributed by atoms with Crippen LogP contribution in [0.5, 0.6) is 17.2 Å². The van der Waals surface area contributed by atoms with Gasteiger partial charge in [0.05, 0.1) is 7.11 Å². The highest BCUT2D eigenvalue weighted by atomic mass is 16.5. The molecule has 0 saturated heterocycles. The van der Waals surface area contributed by atoms with Gasteiger partial charge in [-0.2, -0.15) is 0 Å². The number of ether oxygens (including phenoxy) is 4. The summed E-state index contributed by atoms with van der Waals surface area (Å²) in [5.74, 6) is 1.70. The molecule has 2 aliphatic heterocycles. The maximum atomic E-state index is 11.9. The van der Waals surface area contributed by atoms with Crippen molar-refractivity contribution in [3.63, 3.8) is 0 Å². The molecule has 4 rings (SSSR count). The Balaban J connectivity index is 1.83. The zero-order valence-corrected chi connectivity index (χ0v) is 14.9. The number of hydrogen-bond acceptors (Lipinski definition) is 7. The van der Waals surface area contributed by atoms with Crippen LogP contribution in [0.25, 0.3) is 0 Å². The van der Waals surface area contributed by atoms with E-state index in [2.05, 4.69) is 10.3 Å². The molecule has 0 fully saturated rings. The highest BCUT2D eigenvalue weighted by Crippen LogP contribution is 2.52. The van der Waals surface area contributed by atoms with Gasteiger partial charge in [0.15, 0.2) is 5.54 Å². The van der Waals surface area contributed by atoms with Gasteiger partial charge in [-0.15, -0.1) is 0 Å². The van der Waals surface area contributed by atoms with Gasteiger partial charge in [0, 0.05) is 23.9 Å². The van der Waals surface area contributed by atoms with E-state index >= 15 is 0 Å². The van der Waals surface area contributed by atoms with Crippen LogP contribution in [0, 0.1) is 0 Å². The van der Waals surface area contributed by atoms with Crippen LogP contribution < -0.4 is 20.5 Å². The summed E-state index contributed by atoms with van der Waals surface area (Å²) in [6.07, 6.45) is 0. The van der Waals surface area contributed by atoms with Crippen LogP contribution in [-0.2, 0) is 19.8 Å². The van der Waals surface area contributed by atoms with Gasteiger partial charge in [0.2, 0.25) is 5.91 Å². The Kier molecular flexibility index (Phi) is 4.12. The molecule has 0 radical (unpaired) electrons. The van der Waals surface area contributed by atoms with Crippen molar-refractivity contribution in [2.24, 2.45) is 10.7 Å². The first kappa shape index (κ1) is 17.2. The van der Waals surface area contributed by atoms with Crippen molar-refractivity contribution in [3.8, 4) is 17.2 Å². The minimum Gasteiger partial charge on any atom is -0.497 e. The SMILES string of the molecule is COCC(=O)Nc1ccc2c(c1)[C@@]1(COC(N)=N1)c1cc(OC)ccc1O2. The summed E-state index contributed by atoms with van der Waals surface area (Å²) < 4.78 is 21.8. The van der Waals surface area contributed by atoms with E-state index < -0.39 is 5.54 Å². The van der Waals surface area contributed by atoms with Gasteiger partial charge in [-0.05, 0) is 36.4 Å². The molecule has 0 unspecified atom stereocenters. The van der Waals surface area contributed by atoms with Crippen LogP contribution in [0.15, 0.2) is 41.4 Å². The second kappa shape index (κ2) is 6.48. The summed E-state index contributed by atoms with van der Waals surface area (Å²) >= 11 is 0. The Bertz CT molecular complexity index is 943. The number of benzene rings is 2. The van der Waals surface area contributed by atoms with E-state index in [0.29, 0.717) is 22.9 Å². The first-order valence-electron chi connectivity index (χ1n) is 8.33. The fraction of sp³-hybridized carbons (Fsp3) is 0.263. The zero-order chi connectivity index (χ0) is 19.0. The van der Waals surface area contributed by atoms with Crippen LogP contribution in [0.3, 0.4) is 0 Å². The molecule has 140 valence electrons. The molecular weight excluding hydrogens is 350 g/mol. The smallest absolute Gasteiger partial charge is 0.283 e. The fourth-order valence-corrected chi connectivity index (χ4v) is 3.37. The van der Waals surface area contributed by atoms with E-state index in [1.165, 1.54) is 7.11 Å². The van der Waals surface area contributed by atoms with Gasteiger partial charge in [-0.25, -0.2) is 4.99 Å². The van der Waals surface area contributed by atoms with Gasteiger partial charge in [-0.1, -0.05) is 0 Å². The summed E-state index contributed by atoms with van der Waals surface area (Å²) in [6.45, 7) is 0.192. The fourth-order valence-electron chi connectivity index (χ4n) is 3.37. The molecule has 2 heterocycles. The molecular formula is C19H19N3O5. The Hall–Kier alpha value is -3.26. The van der Waals surface area contributed by atoms with Gasteiger partial charge in [-0.3, -0.25) is 4.79 Å². The van der Waals surface area contributed by atoms with E-state index in [4.69, 9.17) is 24.7 Å². The average Bonchev–Trinajstić information content (AvgIpc) is 3.05. The van der Waals surface area contributed by atoms with Crippen LogP contribution in [0.2, 0.25) is 0 Å². The maximum Gasteiger partial charge on any atom is 0.283 e. The third kappa shape index (κ3) is 2.83. The Labute approximate surface area is 155 Å². The first-order valence-corrected chi connectivity index (χ1v) is 8.33. The third-order valence-electron chi connectivity index (χ3n) is 4.57. The summed E-state index contributed by atoms with van der Waals surface area (Å²) in [6, 6.07) is 11.0. The Morgan fingerprint density at radius 2 is 1.96 bits per heavy atom. The predicted molar refractivity (Wildman–Crippen MR) is 98.4 cm³/mol. The molecule has 2 aromatic carbocycles. The van der Waals surface area contributed by atoms with Crippen molar-refractivity contribution >= 4 is 17.6 Å². The average molecular weight is 369 g/mol. The Morgan fingerprint density at radius 3 is 2.63 bits per heavy atom. The highest BCUT2D eigenvalue weighted by molar-refractivity contribution is 5.92. The normalized spacial score (nSPS) is 19.4. The Morgan fingerprint density at radius 1 is 1.22 bits per heavy atom. The van der Waals surface area contributed by atoms with Crippen LogP contribution >= 0.6 is 0 Å².